The van der Waals surface area contributed by atoms with Gasteiger partial charge in [-0.15, -0.1) is 0 Å². The molecule has 0 aliphatic heterocycles. The van der Waals surface area contributed by atoms with Gasteiger partial charge in [-0.25, -0.2) is 12.1 Å². The van der Waals surface area contributed by atoms with Crippen LogP contribution in [-0.4, -0.2) is 11.6 Å². The molecule has 0 aliphatic carbocycles. The van der Waals surface area contributed by atoms with Crippen molar-refractivity contribution in [3.05, 3.63) is 60.2 Å². The topological polar surface area (TPSA) is 34.1 Å². The van der Waals surface area contributed by atoms with Crippen LogP contribution < -0.4 is 0 Å². The molecule has 2 aromatic rings. The van der Waals surface area contributed by atoms with E-state index in [1.807, 2.05) is 30.3 Å². The second-order valence-electron chi connectivity index (χ2n) is 3.44. The molecule has 0 unspecified atom stereocenters. The van der Waals surface area contributed by atoms with Gasteiger partial charge in [0.15, 0.2) is 0 Å². The number of carbonyl (C=O) groups excluding carboxylic acids is 2. The van der Waals surface area contributed by atoms with Crippen molar-refractivity contribution >= 4 is 11.6 Å². The summed E-state index contributed by atoms with van der Waals surface area (Å²) in [6.07, 6.45) is 0.0179. The fourth-order valence-electron chi connectivity index (χ4n) is 1.21. The number of carbonyl (C=O) groups is 2. The molecule has 96 valence electrons. The van der Waals surface area contributed by atoms with Gasteiger partial charge in [0.1, 0.15) is 11.6 Å². The summed E-state index contributed by atoms with van der Waals surface area (Å²) in [5, 5.41) is 0. The molecule has 0 amide bonds. The molecule has 2 aromatic carbocycles. The number of hydrogen-bond donors (Lipinski definition) is 0. The van der Waals surface area contributed by atoms with E-state index in [0.29, 0.717) is 5.56 Å². The Morgan fingerprint density at radius 1 is 1.00 bits per heavy atom. The summed E-state index contributed by atoms with van der Waals surface area (Å²) in [7, 11) is 0. The Labute approximate surface area is 114 Å². The smallest absolute Gasteiger partial charge is 0.136 e. The standard InChI is InChI=1S/C9H9O2.C5H5.Ru/c1-7(10)6-9(11)8-4-2-3-5-8;1-2-4-5-3-1;/h2-5H,6H2,1H3;1-5H;/q-1;-5;. The first-order valence-electron chi connectivity index (χ1n) is 5.11. The maximum Gasteiger partial charge on any atom is 0.136 e. The largest absolute Gasteiger partial charge is 0.748 e. The molecule has 17 heavy (non-hydrogen) atoms. The van der Waals surface area contributed by atoms with Crippen molar-refractivity contribution < 1.29 is 29.1 Å². The zero-order chi connectivity index (χ0) is 11.8. The molecule has 0 bridgehead atoms. The van der Waals surface area contributed by atoms with E-state index in [0.717, 1.165) is 0 Å². The molecule has 0 aromatic heterocycles. The van der Waals surface area contributed by atoms with Crippen LogP contribution in [-0.2, 0) is 24.3 Å². The zero-order valence-corrected chi connectivity index (χ0v) is 11.3. The number of ketones is 2. The van der Waals surface area contributed by atoms with Gasteiger partial charge in [0, 0.05) is 19.5 Å². The van der Waals surface area contributed by atoms with Crippen LogP contribution in [0.15, 0.2) is 54.6 Å². The van der Waals surface area contributed by atoms with Crippen LogP contribution >= 0.6 is 0 Å². The van der Waals surface area contributed by atoms with Crippen molar-refractivity contribution in [3.63, 3.8) is 0 Å². The minimum absolute atomic E-state index is 0. The van der Waals surface area contributed by atoms with Gasteiger partial charge in [-0.2, -0.15) is 12.1 Å². The van der Waals surface area contributed by atoms with Crippen LogP contribution in [0.2, 0.25) is 0 Å². The van der Waals surface area contributed by atoms with Crippen molar-refractivity contribution in [2.24, 2.45) is 0 Å². The summed E-state index contributed by atoms with van der Waals surface area (Å²) in [6, 6.07) is 17.0. The number of Topliss-reactive ketones (excluding diaryl/α,β-unsaturated/α-hetero) is 2. The van der Waals surface area contributed by atoms with Crippen LogP contribution in [0.3, 0.4) is 0 Å². The van der Waals surface area contributed by atoms with E-state index in [1.54, 1.807) is 24.3 Å². The average Bonchev–Trinajstić information content (AvgIpc) is 2.94. The molecule has 0 saturated heterocycles. The van der Waals surface area contributed by atoms with Crippen LogP contribution in [0.5, 0.6) is 0 Å². The maximum absolute atomic E-state index is 11.1. The summed E-state index contributed by atoms with van der Waals surface area (Å²) in [5.41, 5.74) is 0.625. The van der Waals surface area contributed by atoms with E-state index >= 15 is 0 Å². The molecule has 0 N–H and O–H groups in total. The van der Waals surface area contributed by atoms with Gasteiger partial charge in [0.25, 0.3) is 0 Å². The second kappa shape index (κ2) is 8.77. The molecule has 0 atom stereocenters. The third-order valence-corrected chi connectivity index (χ3v) is 1.95. The van der Waals surface area contributed by atoms with Crippen molar-refractivity contribution in [3.8, 4) is 0 Å². The maximum atomic E-state index is 11.1. The Bertz CT molecular complexity index is 396. The Kier molecular flexibility index (Phi) is 8.08. The van der Waals surface area contributed by atoms with Gasteiger partial charge in [-0.05, 0) is 6.92 Å². The van der Waals surface area contributed by atoms with E-state index in [2.05, 4.69) is 0 Å². The summed E-state index contributed by atoms with van der Waals surface area (Å²) < 4.78 is 0. The molecule has 2 nitrogen and oxygen atoms in total. The fourth-order valence-corrected chi connectivity index (χ4v) is 1.21. The van der Waals surface area contributed by atoms with E-state index in [1.165, 1.54) is 6.92 Å². The molecular formula is C14H14O2Ru-6. The normalized spacial score (nSPS) is 8.53. The minimum Gasteiger partial charge on any atom is -0.748 e. The van der Waals surface area contributed by atoms with Crippen molar-refractivity contribution in [1.82, 2.24) is 0 Å². The van der Waals surface area contributed by atoms with Gasteiger partial charge in [-0.1, -0.05) is 5.56 Å². The second-order valence-corrected chi connectivity index (χ2v) is 3.44. The van der Waals surface area contributed by atoms with Crippen molar-refractivity contribution in [2.75, 3.05) is 0 Å². The summed E-state index contributed by atoms with van der Waals surface area (Å²) >= 11 is 0. The predicted octanol–water partition coefficient (Wildman–Crippen LogP) is 2.97. The van der Waals surface area contributed by atoms with Crippen LogP contribution in [0, 0.1) is 0 Å². The molecule has 0 radical (unpaired) electrons. The van der Waals surface area contributed by atoms with Crippen molar-refractivity contribution in [1.29, 1.82) is 0 Å². The number of rotatable bonds is 3. The molecule has 0 saturated carbocycles. The Morgan fingerprint density at radius 2 is 1.41 bits per heavy atom. The Hall–Kier alpha value is -1.34. The van der Waals surface area contributed by atoms with Gasteiger partial charge < -0.3 is 35.1 Å². The van der Waals surface area contributed by atoms with Crippen LogP contribution in [0.4, 0.5) is 0 Å². The fraction of sp³-hybridized carbons (Fsp3) is 0.143. The Morgan fingerprint density at radius 3 is 1.76 bits per heavy atom. The average molecular weight is 315 g/mol. The summed E-state index contributed by atoms with van der Waals surface area (Å²) in [5.74, 6) is -0.182. The van der Waals surface area contributed by atoms with Gasteiger partial charge in [0.05, 0.1) is 6.42 Å². The summed E-state index contributed by atoms with van der Waals surface area (Å²) in [6.45, 7) is 1.42. The minimum atomic E-state index is -0.0949. The van der Waals surface area contributed by atoms with Gasteiger partial charge in [0.2, 0.25) is 0 Å². The number of hydrogen-bond acceptors (Lipinski definition) is 2. The molecule has 0 fully saturated rings. The first kappa shape index (κ1) is 15.7. The first-order valence-corrected chi connectivity index (χ1v) is 5.11. The zero-order valence-electron chi connectivity index (χ0n) is 9.57. The SMILES string of the molecule is CC(=O)CC(=O)[c-]1cccc1.[Ru].[cH-]1[cH-][cH-][cH-][cH-]1. The molecule has 0 spiro atoms. The van der Waals surface area contributed by atoms with E-state index in [4.69, 9.17) is 0 Å². The van der Waals surface area contributed by atoms with Crippen LogP contribution in [0.1, 0.15) is 23.7 Å². The monoisotopic (exact) mass is 316 g/mol. The van der Waals surface area contributed by atoms with E-state index in [9.17, 15) is 9.59 Å². The Balaban J connectivity index is 0.000000360. The quantitative estimate of drug-likeness (QED) is 0.378. The molecule has 0 heterocycles. The third-order valence-electron chi connectivity index (χ3n) is 1.95. The van der Waals surface area contributed by atoms with E-state index in [-0.39, 0.29) is 37.5 Å². The first-order chi connectivity index (χ1) is 7.70. The third kappa shape index (κ3) is 6.75. The van der Waals surface area contributed by atoms with E-state index < -0.39 is 0 Å². The summed E-state index contributed by atoms with van der Waals surface area (Å²) in [4.78, 5) is 21.6. The van der Waals surface area contributed by atoms with Crippen LogP contribution in [0.25, 0.3) is 0 Å². The molecular weight excluding hydrogens is 301 g/mol. The molecule has 0 aliphatic rings. The van der Waals surface area contributed by atoms with Gasteiger partial charge in [-0.3, -0.25) is 4.79 Å². The van der Waals surface area contributed by atoms with Gasteiger partial charge >= 0.3 is 0 Å². The molecule has 3 heteroatoms. The van der Waals surface area contributed by atoms with Crippen molar-refractivity contribution in [2.45, 2.75) is 13.3 Å². The molecule has 2 rings (SSSR count). The predicted molar refractivity (Wildman–Crippen MR) is 63.7 cm³/mol.